The molecular formula is C12H17F3N4. The Morgan fingerprint density at radius 2 is 2.00 bits per heavy atom. The van der Waals surface area contributed by atoms with Gasteiger partial charge in [0.15, 0.2) is 0 Å². The quantitative estimate of drug-likeness (QED) is 0.826. The summed E-state index contributed by atoms with van der Waals surface area (Å²) in [7, 11) is 0. The van der Waals surface area contributed by atoms with Crippen molar-refractivity contribution in [3.63, 3.8) is 0 Å². The van der Waals surface area contributed by atoms with Gasteiger partial charge in [-0.2, -0.15) is 13.2 Å². The van der Waals surface area contributed by atoms with Gasteiger partial charge in [0.25, 0.3) is 0 Å². The Hall–Kier alpha value is -1.37. The molecule has 1 saturated heterocycles. The Morgan fingerprint density at radius 1 is 1.21 bits per heavy atom. The summed E-state index contributed by atoms with van der Waals surface area (Å²) in [5.41, 5.74) is -0.880. The molecule has 4 nitrogen and oxygen atoms in total. The van der Waals surface area contributed by atoms with Crippen molar-refractivity contribution in [2.75, 3.05) is 37.6 Å². The maximum atomic E-state index is 12.6. The first kappa shape index (κ1) is 14.0. The second-order valence-electron chi connectivity index (χ2n) is 4.51. The molecule has 0 radical (unpaired) electrons. The molecule has 0 amide bonds. The van der Waals surface area contributed by atoms with Gasteiger partial charge in [-0.15, -0.1) is 0 Å². The molecule has 0 N–H and O–H groups in total. The second kappa shape index (κ2) is 5.73. The monoisotopic (exact) mass is 274 g/mol. The Kier molecular flexibility index (Phi) is 4.24. The van der Waals surface area contributed by atoms with Crippen molar-refractivity contribution in [1.82, 2.24) is 14.9 Å². The number of alkyl halides is 3. The van der Waals surface area contributed by atoms with E-state index in [1.54, 1.807) is 0 Å². The van der Waals surface area contributed by atoms with Crippen LogP contribution in [0.4, 0.5) is 19.1 Å². The van der Waals surface area contributed by atoms with Crippen molar-refractivity contribution >= 4 is 5.95 Å². The van der Waals surface area contributed by atoms with Gasteiger partial charge in [-0.1, -0.05) is 6.92 Å². The Bertz CT molecular complexity index is 422. The number of anilines is 1. The van der Waals surface area contributed by atoms with E-state index in [0.29, 0.717) is 13.1 Å². The zero-order valence-corrected chi connectivity index (χ0v) is 10.8. The summed E-state index contributed by atoms with van der Waals surface area (Å²) >= 11 is 0. The third-order valence-electron chi connectivity index (χ3n) is 3.25. The standard InChI is InChI=1S/C12H17F3N4/c1-2-18-6-3-7-19(9-8-18)11-16-5-4-10(17-11)12(13,14)15/h4-5H,2-3,6-9H2,1H3. The van der Waals surface area contributed by atoms with Crippen LogP contribution in [0.3, 0.4) is 0 Å². The average Bonchev–Trinajstić information content (AvgIpc) is 2.63. The van der Waals surface area contributed by atoms with Gasteiger partial charge in [0.05, 0.1) is 0 Å². The highest BCUT2D eigenvalue weighted by molar-refractivity contribution is 5.31. The summed E-state index contributed by atoms with van der Waals surface area (Å²) < 4.78 is 37.8. The molecule has 1 aliphatic heterocycles. The highest BCUT2D eigenvalue weighted by Crippen LogP contribution is 2.28. The molecule has 106 valence electrons. The van der Waals surface area contributed by atoms with Crippen LogP contribution in [0.25, 0.3) is 0 Å². The molecule has 1 aliphatic rings. The molecular weight excluding hydrogens is 257 g/mol. The van der Waals surface area contributed by atoms with Crippen LogP contribution in [0.5, 0.6) is 0 Å². The van der Waals surface area contributed by atoms with Crippen molar-refractivity contribution < 1.29 is 13.2 Å². The summed E-state index contributed by atoms with van der Waals surface area (Å²) in [5, 5.41) is 0. The van der Waals surface area contributed by atoms with Crippen LogP contribution in [0.2, 0.25) is 0 Å². The van der Waals surface area contributed by atoms with Crippen LogP contribution in [0.1, 0.15) is 19.0 Å². The molecule has 19 heavy (non-hydrogen) atoms. The van der Waals surface area contributed by atoms with Crippen molar-refractivity contribution in [3.05, 3.63) is 18.0 Å². The number of hydrogen-bond acceptors (Lipinski definition) is 4. The van der Waals surface area contributed by atoms with Gasteiger partial charge in [0.2, 0.25) is 5.95 Å². The lowest BCUT2D eigenvalue weighted by atomic mass is 10.4. The molecule has 0 atom stereocenters. The van der Waals surface area contributed by atoms with Crippen molar-refractivity contribution in [2.24, 2.45) is 0 Å². The molecule has 0 aromatic carbocycles. The van der Waals surface area contributed by atoms with Gasteiger partial charge in [-0.3, -0.25) is 0 Å². The molecule has 0 aliphatic carbocycles. The highest BCUT2D eigenvalue weighted by atomic mass is 19.4. The zero-order chi connectivity index (χ0) is 13.9. The van der Waals surface area contributed by atoms with E-state index in [-0.39, 0.29) is 5.95 Å². The van der Waals surface area contributed by atoms with Crippen LogP contribution in [0, 0.1) is 0 Å². The molecule has 0 unspecified atom stereocenters. The normalized spacial score (nSPS) is 18.4. The van der Waals surface area contributed by atoms with Gasteiger partial charge < -0.3 is 9.80 Å². The van der Waals surface area contributed by atoms with Gasteiger partial charge >= 0.3 is 6.18 Å². The molecule has 1 fully saturated rings. The van der Waals surface area contributed by atoms with Gasteiger partial charge in [-0.05, 0) is 25.6 Å². The molecule has 2 heterocycles. The number of hydrogen-bond donors (Lipinski definition) is 0. The molecule has 0 bridgehead atoms. The molecule has 7 heteroatoms. The van der Waals surface area contributed by atoms with Crippen LogP contribution in [-0.2, 0) is 6.18 Å². The number of likely N-dealkylation sites (N-methyl/N-ethyl adjacent to an activating group) is 1. The lowest BCUT2D eigenvalue weighted by Crippen LogP contribution is -2.32. The largest absolute Gasteiger partial charge is 0.433 e. The minimum atomic E-state index is -4.42. The third-order valence-corrected chi connectivity index (χ3v) is 3.25. The smallest absolute Gasteiger partial charge is 0.339 e. The first-order valence-corrected chi connectivity index (χ1v) is 6.38. The first-order valence-electron chi connectivity index (χ1n) is 6.38. The second-order valence-corrected chi connectivity index (χ2v) is 4.51. The summed E-state index contributed by atoms with van der Waals surface area (Å²) in [6, 6.07) is 0.902. The Labute approximate surface area is 110 Å². The van der Waals surface area contributed by atoms with Gasteiger partial charge in [0, 0.05) is 25.8 Å². The van der Waals surface area contributed by atoms with E-state index in [9.17, 15) is 13.2 Å². The number of aromatic nitrogens is 2. The number of halogens is 3. The van der Waals surface area contributed by atoms with Crippen molar-refractivity contribution in [1.29, 1.82) is 0 Å². The van der Waals surface area contributed by atoms with Crippen LogP contribution >= 0.6 is 0 Å². The van der Waals surface area contributed by atoms with Crippen LogP contribution in [0.15, 0.2) is 12.3 Å². The summed E-state index contributed by atoms with van der Waals surface area (Å²) in [5.74, 6) is 0.174. The lowest BCUT2D eigenvalue weighted by Gasteiger charge is -2.21. The zero-order valence-electron chi connectivity index (χ0n) is 10.8. The van der Waals surface area contributed by atoms with Gasteiger partial charge in [-0.25, -0.2) is 9.97 Å². The SMILES string of the molecule is CCN1CCCN(c2nccc(C(F)(F)F)n2)CC1. The molecule has 0 saturated carbocycles. The van der Waals surface area contributed by atoms with E-state index >= 15 is 0 Å². The molecule has 0 spiro atoms. The van der Waals surface area contributed by atoms with E-state index in [0.717, 1.165) is 32.1 Å². The summed E-state index contributed by atoms with van der Waals surface area (Å²) in [6.07, 6.45) is -2.33. The predicted molar refractivity (Wildman–Crippen MR) is 66.0 cm³/mol. The van der Waals surface area contributed by atoms with Crippen LogP contribution < -0.4 is 4.90 Å². The fourth-order valence-electron chi connectivity index (χ4n) is 2.15. The number of nitrogens with zero attached hydrogens (tertiary/aromatic N) is 4. The minimum Gasteiger partial charge on any atom is -0.339 e. The lowest BCUT2D eigenvalue weighted by molar-refractivity contribution is -0.141. The Balaban J connectivity index is 2.13. The van der Waals surface area contributed by atoms with E-state index < -0.39 is 11.9 Å². The van der Waals surface area contributed by atoms with Crippen molar-refractivity contribution in [2.45, 2.75) is 19.5 Å². The third kappa shape index (κ3) is 3.56. The van der Waals surface area contributed by atoms with Gasteiger partial charge in [0.1, 0.15) is 5.69 Å². The van der Waals surface area contributed by atoms with E-state index in [4.69, 9.17) is 0 Å². The Morgan fingerprint density at radius 3 is 2.68 bits per heavy atom. The number of rotatable bonds is 2. The minimum absolute atomic E-state index is 0.174. The molecule has 1 aromatic rings. The predicted octanol–water partition coefficient (Wildman–Crippen LogP) is 2.03. The summed E-state index contributed by atoms with van der Waals surface area (Å²) in [6.45, 7) is 6.18. The molecule has 1 aromatic heterocycles. The topological polar surface area (TPSA) is 32.3 Å². The first-order chi connectivity index (χ1) is 9.00. The molecule has 2 rings (SSSR count). The van der Waals surface area contributed by atoms with Crippen LogP contribution in [-0.4, -0.2) is 47.6 Å². The van der Waals surface area contributed by atoms with Crippen molar-refractivity contribution in [3.8, 4) is 0 Å². The van der Waals surface area contributed by atoms with E-state index in [2.05, 4.69) is 21.8 Å². The van der Waals surface area contributed by atoms with E-state index in [1.807, 2.05) is 4.90 Å². The fourth-order valence-corrected chi connectivity index (χ4v) is 2.15. The maximum Gasteiger partial charge on any atom is 0.433 e. The fraction of sp³-hybridized carbons (Fsp3) is 0.667. The average molecular weight is 274 g/mol. The van der Waals surface area contributed by atoms with E-state index in [1.165, 1.54) is 6.20 Å². The summed E-state index contributed by atoms with van der Waals surface area (Å²) in [4.78, 5) is 11.7. The highest BCUT2D eigenvalue weighted by Gasteiger charge is 2.33. The maximum absolute atomic E-state index is 12.6.